The van der Waals surface area contributed by atoms with E-state index < -0.39 is 0 Å². The Morgan fingerprint density at radius 3 is 2.86 bits per heavy atom. The quantitative estimate of drug-likeness (QED) is 0.416. The van der Waals surface area contributed by atoms with Crippen LogP contribution >= 0.6 is 0 Å². The summed E-state index contributed by atoms with van der Waals surface area (Å²) in [5.74, 6) is 6.05. The Labute approximate surface area is 84.5 Å². The number of carbonyl (C=O) groups is 1. The minimum absolute atomic E-state index is 0.163. The van der Waals surface area contributed by atoms with E-state index in [2.05, 4.69) is 11.8 Å². The van der Waals surface area contributed by atoms with Gasteiger partial charge < -0.3 is 9.84 Å². The summed E-state index contributed by atoms with van der Waals surface area (Å²) in [5.41, 5.74) is 0. The van der Waals surface area contributed by atoms with E-state index in [0.717, 1.165) is 12.8 Å². The van der Waals surface area contributed by atoms with Gasteiger partial charge in [0.1, 0.15) is 0 Å². The Morgan fingerprint density at radius 1 is 1.64 bits per heavy atom. The first-order valence-corrected chi connectivity index (χ1v) is 5.00. The van der Waals surface area contributed by atoms with Crippen LogP contribution in [-0.2, 0) is 9.53 Å². The van der Waals surface area contributed by atoms with Crippen molar-refractivity contribution in [2.75, 3.05) is 6.61 Å². The molecule has 1 rings (SSSR count). The van der Waals surface area contributed by atoms with E-state index in [1.807, 2.05) is 0 Å². The lowest BCUT2D eigenvalue weighted by molar-refractivity contribution is -0.144. The fraction of sp³-hybridized carbons (Fsp3) is 0.727. The number of aliphatic hydroxyl groups is 1. The first kappa shape index (κ1) is 11.1. The molecule has 3 nitrogen and oxygen atoms in total. The van der Waals surface area contributed by atoms with Gasteiger partial charge in [-0.15, -0.1) is 0 Å². The van der Waals surface area contributed by atoms with Crippen molar-refractivity contribution in [3.63, 3.8) is 0 Å². The van der Waals surface area contributed by atoms with Crippen LogP contribution in [0.4, 0.5) is 0 Å². The molecule has 0 aliphatic heterocycles. The van der Waals surface area contributed by atoms with Gasteiger partial charge in [0, 0.05) is 25.9 Å². The van der Waals surface area contributed by atoms with Crippen molar-refractivity contribution in [2.24, 2.45) is 5.92 Å². The van der Waals surface area contributed by atoms with Gasteiger partial charge in [0.05, 0.1) is 0 Å². The summed E-state index contributed by atoms with van der Waals surface area (Å²) in [7, 11) is 0. The molecule has 0 radical (unpaired) electrons. The number of aliphatic hydroxyl groups excluding tert-OH is 1. The third-order valence-corrected chi connectivity index (χ3v) is 2.05. The molecule has 0 spiro atoms. The van der Waals surface area contributed by atoms with Crippen LogP contribution < -0.4 is 0 Å². The zero-order valence-electron chi connectivity index (χ0n) is 8.45. The smallest absolute Gasteiger partial charge is 0.303 e. The zero-order valence-corrected chi connectivity index (χ0v) is 8.45. The van der Waals surface area contributed by atoms with Crippen molar-refractivity contribution in [3.05, 3.63) is 0 Å². The zero-order chi connectivity index (χ0) is 10.4. The molecule has 0 heterocycles. The topological polar surface area (TPSA) is 46.5 Å². The normalized spacial score (nSPS) is 16.7. The maximum absolute atomic E-state index is 10.7. The molecule has 0 bridgehead atoms. The van der Waals surface area contributed by atoms with E-state index in [9.17, 15) is 4.79 Å². The predicted molar refractivity (Wildman–Crippen MR) is 52.4 cm³/mol. The molecule has 0 aromatic heterocycles. The van der Waals surface area contributed by atoms with E-state index >= 15 is 0 Å². The summed E-state index contributed by atoms with van der Waals surface area (Å²) in [4.78, 5) is 10.7. The second-order valence-electron chi connectivity index (χ2n) is 3.52. The lowest BCUT2D eigenvalue weighted by atomic mass is 10.2. The summed E-state index contributed by atoms with van der Waals surface area (Å²) in [6.45, 7) is 1.57. The average molecular weight is 196 g/mol. The molecule has 1 saturated carbocycles. The van der Waals surface area contributed by atoms with Gasteiger partial charge in [-0.1, -0.05) is 11.8 Å². The standard InChI is InChI=1S/C11H16O3/c1-9(13)14-11(10-6-7-10)5-3-2-4-8-12/h10-12H,2,4,6-8H2,1H3. The Bertz CT molecular complexity index is 245. The van der Waals surface area contributed by atoms with Crippen molar-refractivity contribution >= 4 is 5.97 Å². The minimum Gasteiger partial charge on any atom is -0.449 e. The Kier molecular flexibility index (Phi) is 4.48. The van der Waals surface area contributed by atoms with Crippen LogP contribution in [0, 0.1) is 17.8 Å². The number of hydrogen-bond acceptors (Lipinski definition) is 3. The lowest BCUT2D eigenvalue weighted by Crippen LogP contribution is -2.16. The van der Waals surface area contributed by atoms with Crippen LogP contribution in [0.1, 0.15) is 32.6 Å². The van der Waals surface area contributed by atoms with Gasteiger partial charge in [-0.3, -0.25) is 4.79 Å². The molecule has 3 heteroatoms. The van der Waals surface area contributed by atoms with Gasteiger partial charge in [0.15, 0.2) is 6.10 Å². The third kappa shape index (κ3) is 4.29. The van der Waals surface area contributed by atoms with Crippen molar-refractivity contribution in [1.29, 1.82) is 0 Å². The molecule has 1 aliphatic rings. The second kappa shape index (κ2) is 5.66. The first-order valence-electron chi connectivity index (χ1n) is 5.00. The molecule has 1 N–H and O–H groups in total. The molecule has 1 fully saturated rings. The number of hydrogen-bond donors (Lipinski definition) is 1. The van der Waals surface area contributed by atoms with Crippen LogP contribution in [0.25, 0.3) is 0 Å². The SMILES string of the molecule is CC(=O)OC(C#CCCCO)C1CC1. The van der Waals surface area contributed by atoms with Crippen LogP contribution in [0.3, 0.4) is 0 Å². The maximum atomic E-state index is 10.7. The van der Waals surface area contributed by atoms with Crippen molar-refractivity contribution < 1.29 is 14.6 Å². The maximum Gasteiger partial charge on any atom is 0.303 e. The van der Waals surface area contributed by atoms with Crippen molar-refractivity contribution in [3.8, 4) is 11.8 Å². The van der Waals surface area contributed by atoms with Crippen LogP contribution in [0.2, 0.25) is 0 Å². The number of unbranched alkanes of at least 4 members (excludes halogenated alkanes) is 1. The molecule has 1 aliphatic carbocycles. The molecule has 0 saturated heterocycles. The monoisotopic (exact) mass is 196 g/mol. The van der Waals surface area contributed by atoms with Gasteiger partial charge in [-0.2, -0.15) is 0 Å². The third-order valence-electron chi connectivity index (χ3n) is 2.05. The molecule has 0 aromatic carbocycles. The van der Waals surface area contributed by atoms with E-state index in [0.29, 0.717) is 18.8 Å². The molecule has 0 amide bonds. The molecule has 78 valence electrons. The van der Waals surface area contributed by atoms with Gasteiger partial charge in [-0.05, 0) is 19.3 Å². The Morgan fingerprint density at radius 2 is 2.36 bits per heavy atom. The van der Waals surface area contributed by atoms with Crippen molar-refractivity contribution in [1.82, 2.24) is 0 Å². The minimum atomic E-state index is -0.265. The number of esters is 1. The van der Waals surface area contributed by atoms with E-state index in [1.54, 1.807) is 0 Å². The molecule has 14 heavy (non-hydrogen) atoms. The first-order chi connectivity index (χ1) is 6.74. The molecule has 1 atom stereocenters. The second-order valence-corrected chi connectivity index (χ2v) is 3.52. The highest BCUT2D eigenvalue weighted by Crippen LogP contribution is 2.34. The summed E-state index contributed by atoms with van der Waals surface area (Å²) < 4.78 is 5.08. The molecular weight excluding hydrogens is 180 g/mol. The van der Waals surface area contributed by atoms with E-state index in [1.165, 1.54) is 6.92 Å². The predicted octanol–water partition coefficient (Wildman–Crippen LogP) is 1.10. The number of carbonyl (C=O) groups excluding carboxylic acids is 1. The average Bonchev–Trinajstić information content (AvgIpc) is 2.92. The van der Waals surface area contributed by atoms with Gasteiger partial charge in [-0.25, -0.2) is 0 Å². The Hall–Kier alpha value is -1.01. The number of ether oxygens (including phenoxy) is 1. The van der Waals surface area contributed by atoms with Gasteiger partial charge in [0.25, 0.3) is 0 Å². The van der Waals surface area contributed by atoms with Crippen LogP contribution in [-0.4, -0.2) is 23.8 Å². The number of rotatable bonds is 4. The molecule has 0 aromatic rings. The van der Waals surface area contributed by atoms with Crippen LogP contribution in [0.15, 0.2) is 0 Å². The van der Waals surface area contributed by atoms with Gasteiger partial charge >= 0.3 is 5.97 Å². The fourth-order valence-corrected chi connectivity index (χ4v) is 1.16. The highest BCUT2D eigenvalue weighted by atomic mass is 16.5. The summed E-state index contributed by atoms with van der Waals surface area (Å²) in [5, 5.41) is 8.55. The summed E-state index contributed by atoms with van der Waals surface area (Å²) in [6, 6.07) is 0. The van der Waals surface area contributed by atoms with E-state index in [-0.39, 0.29) is 18.7 Å². The highest BCUT2D eigenvalue weighted by molar-refractivity contribution is 5.66. The Balaban J connectivity index is 2.33. The van der Waals surface area contributed by atoms with Crippen LogP contribution in [0.5, 0.6) is 0 Å². The van der Waals surface area contributed by atoms with Crippen molar-refractivity contribution in [2.45, 2.75) is 38.7 Å². The fourth-order valence-electron chi connectivity index (χ4n) is 1.16. The largest absolute Gasteiger partial charge is 0.449 e. The molecule has 1 unspecified atom stereocenters. The van der Waals surface area contributed by atoms with E-state index in [4.69, 9.17) is 9.84 Å². The van der Waals surface area contributed by atoms with Gasteiger partial charge in [0.2, 0.25) is 0 Å². The summed E-state index contributed by atoms with van der Waals surface area (Å²) in [6.07, 6.45) is 3.34. The molecular formula is C11H16O3. The highest BCUT2D eigenvalue weighted by Gasteiger charge is 2.32. The summed E-state index contributed by atoms with van der Waals surface area (Å²) >= 11 is 0. The lowest BCUT2D eigenvalue weighted by Gasteiger charge is -2.08.